The first-order valence-electron chi connectivity index (χ1n) is 5.61. The summed E-state index contributed by atoms with van der Waals surface area (Å²) in [5.41, 5.74) is 3.49. The van der Waals surface area contributed by atoms with E-state index in [2.05, 4.69) is 29.4 Å². The summed E-state index contributed by atoms with van der Waals surface area (Å²) in [6, 6.07) is 11.9. The molecule has 0 spiro atoms. The van der Waals surface area contributed by atoms with Crippen molar-refractivity contribution in [3.63, 3.8) is 0 Å². The van der Waals surface area contributed by atoms with Gasteiger partial charge in [-0.3, -0.25) is 4.98 Å². The van der Waals surface area contributed by atoms with E-state index in [0.717, 1.165) is 23.8 Å². The van der Waals surface area contributed by atoms with E-state index in [0.29, 0.717) is 0 Å². The standard InChI is InChI=1S/C14H15ClN2/c1-11-4-3-7-17-14(11)10-16-9-12-5-2-6-13(15)8-12/h2-8,16H,9-10H2,1H3. The second kappa shape index (κ2) is 5.80. The van der Waals surface area contributed by atoms with Crippen LogP contribution in [0.2, 0.25) is 5.02 Å². The van der Waals surface area contributed by atoms with Gasteiger partial charge in [-0.2, -0.15) is 0 Å². The third-order valence-electron chi connectivity index (χ3n) is 2.63. The number of pyridine rings is 1. The SMILES string of the molecule is Cc1cccnc1CNCc1cccc(Cl)c1. The van der Waals surface area contributed by atoms with Gasteiger partial charge >= 0.3 is 0 Å². The van der Waals surface area contributed by atoms with Crippen molar-refractivity contribution in [2.75, 3.05) is 0 Å². The molecular formula is C14H15ClN2. The molecule has 2 aromatic rings. The number of hydrogen-bond acceptors (Lipinski definition) is 2. The van der Waals surface area contributed by atoms with Crippen LogP contribution in [0.4, 0.5) is 0 Å². The van der Waals surface area contributed by atoms with Crippen LogP contribution in [0.15, 0.2) is 42.6 Å². The molecule has 0 radical (unpaired) electrons. The maximum atomic E-state index is 5.93. The van der Waals surface area contributed by atoms with Gasteiger partial charge in [0, 0.05) is 24.3 Å². The molecule has 0 amide bonds. The fourth-order valence-electron chi connectivity index (χ4n) is 1.68. The van der Waals surface area contributed by atoms with Gasteiger partial charge in [0.15, 0.2) is 0 Å². The molecule has 1 aromatic carbocycles. The van der Waals surface area contributed by atoms with E-state index in [-0.39, 0.29) is 0 Å². The first kappa shape index (κ1) is 12.1. The highest BCUT2D eigenvalue weighted by Gasteiger charge is 1.98. The Bertz CT molecular complexity index is 497. The molecular weight excluding hydrogens is 232 g/mol. The molecule has 17 heavy (non-hydrogen) atoms. The molecule has 0 unspecified atom stereocenters. The summed E-state index contributed by atoms with van der Waals surface area (Å²) in [6.07, 6.45) is 1.82. The van der Waals surface area contributed by atoms with Gasteiger partial charge in [0.1, 0.15) is 0 Å². The average molecular weight is 247 g/mol. The van der Waals surface area contributed by atoms with Crippen LogP contribution in [0.3, 0.4) is 0 Å². The van der Waals surface area contributed by atoms with Gasteiger partial charge in [-0.25, -0.2) is 0 Å². The van der Waals surface area contributed by atoms with Crippen molar-refractivity contribution in [2.45, 2.75) is 20.0 Å². The highest BCUT2D eigenvalue weighted by atomic mass is 35.5. The lowest BCUT2D eigenvalue weighted by molar-refractivity contribution is 0.676. The quantitative estimate of drug-likeness (QED) is 0.895. The van der Waals surface area contributed by atoms with Crippen LogP contribution in [-0.2, 0) is 13.1 Å². The van der Waals surface area contributed by atoms with Crippen LogP contribution in [0, 0.1) is 6.92 Å². The summed E-state index contributed by atoms with van der Waals surface area (Å²) < 4.78 is 0. The Labute approximate surface area is 107 Å². The second-order valence-electron chi connectivity index (χ2n) is 4.00. The number of aryl methyl sites for hydroxylation is 1. The van der Waals surface area contributed by atoms with Crippen molar-refractivity contribution in [3.8, 4) is 0 Å². The zero-order valence-electron chi connectivity index (χ0n) is 9.78. The van der Waals surface area contributed by atoms with E-state index in [1.807, 2.05) is 30.5 Å². The summed E-state index contributed by atoms with van der Waals surface area (Å²) >= 11 is 5.93. The highest BCUT2D eigenvalue weighted by molar-refractivity contribution is 6.30. The lowest BCUT2D eigenvalue weighted by Crippen LogP contribution is -2.14. The molecule has 0 aliphatic rings. The predicted molar refractivity (Wildman–Crippen MR) is 71.0 cm³/mol. The third kappa shape index (κ3) is 3.55. The summed E-state index contributed by atoms with van der Waals surface area (Å²) in [7, 11) is 0. The minimum Gasteiger partial charge on any atom is -0.307 e. The van der Waals surface area contributed by atoms with E-state index in [9.17, 15) is 0 Å². The van der Waals surface area contributed by atoms with Crippen molar-refractivity contribution in [1.82, 2.24) is 10.3 Å². The van der Waals surface area contributed by atoms with Crippen LogP contribution >= 0.6 is 11.6 Å². The molecule has 88 valence electrons. The molecule has 0 fully saturated rings. The van der Waals surface area contributed by atoms with Crippen LogP contribution in [0.25, 0.3) is 0 Å². The number of hydrogen-bond donors (Lipinski definition) is 1. The topological polar surface area (TPSA) is 24.9 Å². The number of nitrogens with zero attached hydrogens (tertiary/aromatic N) is 1. The van der Waals surface area contributed by atoms with Crippen LogP contribution in [0.1, 0.15) is 16.8 Å². The van der Waals surface area contributed by atoms with E-state index in [1.54, 1.807) is 0 Å². The summed E-state index contributed by atoms with van der Waals surface area (Å²) in [6.45, 7) is 3.65. The number of benzene rings is 1. The Hall–Kier alpha value is -1.38. The van der Waals surface area contributed by atoms with Gasteiger partial charge in [-0.15, -0.1) is 0 Å². The first-order valence-corrected chi connectivity index (χ1v) is 5.99. The number of aromatic nitrogens is 1. The van der Waals surface area contributed by atoms with E-state index < -0.39 is 0 Å². The summed E-state index contributed by atoms with van der Waals surface area (Å²) in [5.74, 6) is 0. The largest absolute Gasteiger partial charge is 0.307 e. The molecule has 0 bridgehead atoms. The Kier molecular flexibility index (Phi) is 4.13. The maximum Gasteiger partial charge on any atom is 0.0570 e. The lowest BCUT2D eigenvalue weighted by atomic mass is 10.2. The van der Waals surface area contributed by atoms with Gasteiger partial charge in [0.2, 0.25) is 0 Å². The van der Waals surface area contributed by atoms with Crippen LogP contribution in [0.5, 0.6) is 0 Å². The minimum atomic E-state index is 0.776. The zero-order chi connectivity index (χ0) is 12.1. The van der Waals surface area contributed by atoms with E-state index >= 15 is 0 Å². The minimum absolute atomic E-state index is 0.776. The van der Waals surface area contributed by atoms with Gasteiger partial charge in [-0.05, 0) is 36.2 Å². The van der Waals surface area contributed by atoms with Crippen molar-refractivity contribution in [2.24, 2.45) is 0 Å². The van der Waals surface area contributed by atoms with Crippen molar-refractivity contribution in [3.05, 3.63) is 64.4 Å². The molecule has 0 atom stereocenters. The fourth-order valence-corrected chi connectivity index (χ4v) is 1.89. The molecule has 0 aliphatic heterocycles. The molecule has 1 heterocycles. The Morgan fingerprint density at radius 1 is 1.18 bits per heavy atom. The molecule has 1 aromatic heterocycles. The van der Waals surface area contributed by atoms with E-state index in [1.165, 1.54) is 11.1 Å². The molecule has 0 saturated carbocycles. The molecule has 0 saturated heterocycles. The van der Waals surface area contributed by atoms with Crippen molar-refractivity contribution in [1.29, 1.82) is 0 Å². The Morgan fingerprint density at radius 2 is 2.06 bits per heavy atom. The Morgan fingerprint density at radius 3 is 2.82 bits per heavy atom. The Balaban J connectivity index is 1.90. The maximum absolute atomic E-state index is 5.93. The molecule has 3 heteroatoms. The first-order chi connectivity index (χ1) is 8.25. The molecule has 1 N–H and O–H groups in total. The molecule has 0 aliphatic carbocycles. The fraction of sp³-hybridized carbons (Fsp3) is 0.214. The number of nitrogens with one attached hydrogen (secondary N) is 1. The van der Waals surface area contributed by atoms with Gasteiger partial charge in [0.25, 0.3) is 0 Å². The average Bonchev–Trinajstić information content (AvgIpc) is 2.32. The van der Waals surface area contributed by atoms with Crippen LogP contribution in [-0.4, -0.2) is 4.98 Å². The van der Waals surface area contributed by atoms with Gasteiger partial charge < -0.3 is 5.32 Å². The molecule has 2 rings (SSSR count). The normalized spacial score (nSPS) is 10.5. The predicted octanol–water partition coefficient (Wildman–Crippen LogP) is 3.33. The van der Waals surface area contributed by atoms with Crippen LogP contribution < -0.4 is 5.32 Å². The monoisotopic (exact) mass is 246 g/mol. The lowest BCUT2D eigenvalue weighted by Gasteiger charge is -2.07. The van der Waals surface area contributed by atoms with Gasteiger partial charge in [-0.1, -0.05) is 29.8 Å². The number of halogens is 1. The zero-order valence-corrected chi connectivity index (χ0v) is 10.5. The summed E-state index contributed by atoms with van der Waals surface area (Å²) in [4.78, 5) is 4.34. The van der Waals surface area contributed by atoms with Crippen molar-refractivity contribution < 1.29 is 0 Å². The molecule has 2 nitrogen and oxygen atoms in total. The summed E-state index contributed by atoms with van der Waals surface area (Å²) in [5, 5.41) is 4.14. The van der Waals surface area contributed by atoms with Crippen molar-refractivity contribution >= 4 is 11.6 Å². The second-order valence-corrected chi connectivity index (χ2v) is 4.44. The van der Waals surface area contributed by atoms with E-state index in [4.69, 9.17) is 11.6 Å². The third-order valence-corrected chi connectivity index (χ3v) is 2.86. The smallest absolute Gasteiger partial charge is 0.0570 e. The number of rotatable bonds is 4. The highest BCUT2D eigenvalue weighted by Crippen LogP contribution is 2.10. The van der Waals surface area contributed by atoms with Gasteiger partial charge in [0.05, 0.1) is 5.69 Å².